The minimum absolute atomic E-state index is 0.146. The molecule has 0 aliphatic carbocycles. The van der Waals surface area contributed by atoms with Crippen molar-refractivity contribution in [2.45, 2.75) is 25.3 Å². The van der Waals surface area contributed by atoms with Crippen molar-refractivity contribution >= 4 is 5.91 Å². The standard InChI is InChI=1S/C21H27N3O3/c1-23(21(26)18-13-19(25)20(27-2)14-22-18)17-9-6-11-24(15-17)12-10-16-7-4-3-5-8-16/h3-5,7-8,13-14,17H,6,9-12,15H2,1-2H3,(H,22,25)/t17-/m0/s1. The van der Waals surface area contributed by atoms with Crippen molar-refractivity contribution in [2.75, 3.05) is 33.8 Å². The molecule has 1 fully saturated rings. The highest BCUT2D eigenvalue weighted by molar-refractivity contribution is 5.92. The van der Waals surface area contributed by atoms with Gasteiger partial charge in [0, 0.05) is 38.4 Å². The predicted molar refractivity (Wildman–Crippen MR) is 105 cm³/mol. The van der Waals surface area contributed by atoms with Gasteiger partial charge in [0.05, 0.1) is 7.11 Å². The molecule has 0 saturated carbocycles. The number of carbonyl (C=O) groups excluding carboxylic acids is 1. The predicted octanol–water partition coefficient (Wildman–Crippen LogP) is 2.16. The van der Waals surface area contributed by atoms with E-state index in [-0.39, 0.29) is 23.1 Å². The van der Waals surface area contributed by atoms with E-state index in [0.717, 1.165) is 38.9 Å². The quantitative estimate of drug-likeness (QED) is 0.847. The van der Waals surface area contributed by atoms with E-state index >= 15 is 0 Å². The Hall–Kier alpha value is -2.60. The fourth-order valence-corrected chi connectivity index (χ4v) is 3.58. The molecule has 1 N–H and O–H groups in total. The number of benzene rings is 1. The van der Waals surface area contributed by atoms with E-state index in [9.17, 15) is 9.59 Å². The first-order chi connectivity index (χ1) is 13.1. The zero-order valence-electron chi connectivity index (χ0n) is 16.0. The van der Waals surface area contributed by atoms with Gasteiger partial charge in [0.15, 0.2) is 5.75 Å². The Morgan fingerprint density at radius 2 is 2.11 bits per heavy atom. The number of likely N-dealkylation sites (tertiary alicyclic amines) is 1. The molecule has 3 rings (SSSR count). The lowest BCUT2D eigenvalue weighted by Gasteiger charge is -2.37. The molecule has 0 radical (unpaired) electrons. The summed E-state index contributed by atoms with van der Waals surface area (Å²) in [5.41, 5.74) is 1.34. The molecule has 0 bridgehead atoms. The molecular formula is C21H27N3O3. The van der Waals surface area contributed by atoms with Crippen molar-refractivity contribution < 1.29 is 9.53 Å². The molecule has 2 aromatic rings. The van der Waals surface area contributed by atoms with Gasteiger partial charge >= 0.3 is 0 Å². The minimum atomic E-state index is -0.291. The third-order valence-corrected chi connectivity index (χ3v) is 5.24. The average molecular weight is 369 g/mol. The SMILES string of the molecule is COc1c[nH]c(C(=O)N(C)[C@H]2CCCN(CCc3ccccc3)C2)cc1=O. The van der Waals surface area contributed by atoms with Gasteiger partial charge in [0.2, 0.25) is 5.43 Å². The van der Waals surface area contributed by atoms with E-state index in [2.05, 4.69) is 34.1 Å². The molecule has 1 aromatic carbocycles. The molecule has 1 saturated heterocycles. The Morgan fingerprint density at radius 1 is 1.33 bits per heavy atom. The number of pyridine rings is 1. The summed E-state index contributed by atoms with van der Waals surface area (Å²) in [6.07, 6.45) is 4.49. The van der Waals surface area contributed by atoms with Crippen LogP contribution in [0.25, 0.3) is 0 Å². The number of likely N-dealkylation sites (N-methyl/N-ethyl adjacent to an activating group) is 1. The van der Waals surface area contributed by atoms with Crippen LogP contribution in [-0.4, -0.2) is 60.5 Å². The molecule has 2 heterocycles. The summed E-state index contributed by atoms with van der Waals surface area (Å²) in [6.45, 7) is 2.90. The smallest absolute Gasteiger partial charge is 0.270 e. The van der Waals surface area contributed by atoms with E-state index < -0.39 is 0 Å². The van der Waals surface area contributed by atoms with Gasteiger partial charge in [-0.2, -0.15) is 0 Å². The van der Waals surface area contributed by atoms with Crippen LogP contribution in [0.2, 0.25) is 0 Å². The van der Waals surface area contributed by atoms with Crippen molar-refractivity contribution in [1.29, 1.82) is 0 Å². The number of aromatic amines is 1. The molecule has 0 spiro atoms. The number of hydrogen-bond donors (Lipinski definition) is 1. The van der Waals surface area contributed by atoms with E-state index in [0.29, 0.717) is 5.69 Å². The molecule has 1 aromatic heterocycles. The van der Waals surface area contributed by atoms with Gasteiger partial charge < -0.3 is 19.5 Å². The summed E-state index contributed by atoms with van der Waals surface area (Å²) >= 11 is 0. The van der Waals surface area contributed by atoms with Crippen LogP contribution in [0, 0.1) is 0 Å². The molecule has 1 aliphatic rings. The molecular weight excluding hydrogens is 342 g/mol. The fourth-order valence-electron chi connectivity index (χ4n) is 3.58. The van der Waals surface area contributed by atoms with E-state index in [1.165, 1.54) is 24.9 Å². The minimum Gasteiger partial charge on any atom is -0.491 e. The highest BCUT2D eigenvalue weighted by atomic mass is 16.5. The molecule has 1 amide bonds. The Balaban J connectivity index is 1.60. The Morgan fingerprint density at radius 3 is 2.81 bits per heavy atom. The van der Waals surface area contributed by atoms with Crippen LogP contribution in [0.5, 0.6) is 5.75 Å². The maximum atomic E-state index is 12.8. The summed E-state index contributed by atoms with van der Waals surface area (Å²) in [5.74, 6) is 0.0450. The number of H-pyrrole nitrogens is 1. The van der Waals surface area contributed by atoms with Crippen LogP contribution >= 0.6 is 0 Å². The highest BCUT2D eigenvalue weighted by Crippen LogP contribution is 2.17. The van der Waals surface area contributed by atoms with Gasteiger partial charge in [0.1, 0.15) is 5.69 Å². The van der Waals surface area contributed by atoms with Crippen molar-refractivity contribution in [1.82, 2.24) is 14.8 Å². The molecule has 6 nitrogen and oxygen atoms in total. The third kappa shape index (κ3) is 4.77. The summed E-state index contributed by atoms with van der Waals surface area (Å²) in [7, 11) is 3.25. The summed E-state index contributed by atoms with van der Waals surface area (Å²) < 4.78 is 4.96. The van der Waals surface area contributed by atoms with Crippen LogP contribution in [-0.2, 0) is 6.42 Å². The Labute approximate surface area is 159 Å². The second-order valence-corrected chi connectivity index (χ2v) is 7.03. The molecule has 0 unspecified atom stereocenters. The Bertz CT molecular complexity index is 819. The van der Waals surface area contributed by atoms with Gasteiger partial charge in [-0.15, -0.1) is 0 Å². The van der Waals surface area contributed by atoms with Crippen LogP contribution in [0.4, 0.5) is 0 Å². The third-order valence-electron chi connectivity index (χ3n) is 5.24. The van der Waals surface area contributed by atoms with Crippen LogP contribution < -0.4 is 10.2 Å². The number of nitrogens with zero attached hydrogens (tertiary/aromatic N) is 2. The number of methoxy groups -OCH3 is 1. The number of rotatable bonds is 6. The van der Waals surface area contributed by atoms with Crippen molar-refractivity contribution in [2.24, 2.45) is 0 Å². The highest BCUT2D eigenvalue weighted by Gasteiger charge is 2.27. The van der Waals surface area contributed by atoms with E-state index in [1.54, 1.807) is 4.90 Å². The van der Waals surface area contributed by atoms with Gasteiger partial charge in [0.25, 0.3) is 5.91 Å². The molecule has 6 heteroatoms. The largest absolute Gasteiger partial charge is 0.491 e. The first-order valence-corrected chi connectivity index (χ1v) is 9.38. The van der Waals surface area contributed by atoms with Crippen LogP contribution in [0.3, 0.4) is 0 Å². The number of nitrogens with one attached hydrogen (secondary N) is 1. The zero-order valence-corrected chi connectivity index (χ0v) is 16.0. The first-order valence-electron chi connectivity index (χ1n) is 9.38. The summed E-state index contributed by atoms with van der Waals surface area (Å²) in [6, 6.07) is 11.9. The maximum Gasteiger partial charge on any atom is 0.270 e. The molecule has 1 aliphatic heterocycles. The van der Waals surface area contributed by atoms with E-state index in [1.807, 2.05) is 13.1 Å². The monoisotopic (exact) mass is 369 g/mol. The Kier molecular flexibility index (Phi) is 6.29. The first kappa shape index (κ1) is 19.2. The lowest BCUT2D eigenvalue weighted by Crippen LogP contribution is -2.49. The topological polar surface area (TPSA) is 65.6 Å². The number of piperidine rings is 1. The summed E-state index contributed by atoms with van der Waals surface area (Å²) in [4.78, 5) is 31.8. The second kappa shape index (κ2) is 8.86. The van der Waals surface area contributed by atoms with Crippen molar-refractivity contribution in [3.63, 3.8) is 0 Å². The number of carbonyl (C=O) groups is 1. The lowest BCUT2D eigenvalue weighted by atomic mass is 10.0. The molecule has 144 valence electrons. The van der Waals surface area contributed by atoms with Crippen molar-refractivity contribution in [3.05, 3.63) is 64.1 Å². The van der Waals surface area contributed by atoms with Crippen molar-refractivity contribution in [3.8, 4) is 5.75 Å². The lowest BCUT2D eigenvalue weighted by molar-refractivity contribution is 0.0613. The van der Waals surface area contributed by atoms with Gasteiger partial charge in [-0.1, -0.05) is 30.3 Å². The average Bonchev–Trinajstić information content (AvgIpc) is 2.72. The number of hydrogen-bond acceptors (Lipinski definition) is 4. The van der Waals surface area contributed by atoms with Gasteiger partial charge in [-0.25, -0.2) is 0 Å². The van der Waals surface area contributed by atoms with Crippen LogP contribution in [0.1, 0.15) is 28.9 Å². The number of ether oxygens (including phenoxy) is 1. The van der Waals surface area contributed by atoms with Gasteiger partial charge in [-0.3, -0.25) is 9.59 Å². The summed E-state index contributed by atoms with van der Waals surface area (Å²) in [5, 5.41) is 0. The fraction of sp³-hybridized carbons (Fsp3) is 0.429. The molecule has 27 heavy (non-hydrogen) atoms. The number of aromatic nitrogens is 1. The normalized spacial score (nSPS) is 17.5. The maximum absolute atomic E-state index is 12.8. The number of amides is 1. The van der Waals surface area contributed by atoms with Crippen LogP contribution in [0.15, 0.2) is 47.4 Å². The van der Waals surface area contributed by atoms with Gasteiger partial charge in [-0.05, 0) is 31.4 Å². The van der Waals surface area contributed by atoms with E-state index in [4.69, 9.17) is 4.74 Å². The second-order valence-electron chi connectivity index (χ2n) is 7.03. The zero-order chi connectivity index (χ0) is 19.2. The molecule has 1 atom stereocenters.